The summed E-state index contributed by atoms with van der Waals surface area (Å²) in [6.45, 7) is 3.84. The monoisotopic (exact) mass is 405 g/mol. The highest BCUT2D eigenvalue weighted by Crippen LogP contribution is 2.40. The van der Waals surface area contributed by atoms with Gasteiger partial charge in [0.1, 0.15) is 16.5 Å². The van der Waals surface area contributed by atoms with Gasteiger partial charge in [0.25, 0.3) is 11.8 Å². The molecule has 0 radical (unpaired) electrons. The van der Waals surface area contributed by atoms with Gasteiger partial charge < -0.3 is 9.47 Å². The van der Waals surface area contributed by atoms with Crippen molar-refractivity contribution in [1.29, 1.82) is 0 Å². The maximum absolute atomic E-state index is 13.0. The van der Waals surface area contributed by atoms with E-state index in [2.05, 4.69) is 0 Å². The van der Waals surface area contributed by atoms with Crippen molar-refractivity contribution in [2.24, 2.45) is 0 Å². The Morgan fingerprint density at radius 2 is 1.63 bits per heavy atom. The molecule has 0 aliphatic carbocycles. The van der Waals surface area contributed by atoms with Gasteiger partial charge in [0.15, 0.2) is 0 Å². The molecule has 0 bridgehead atoms. The SMILES string of the molecule is COc1ccc(Cl)cc1N1C(=O)C(Cl)=C(c2ccc(OC(C)C)cc2)C1=O. The van der Waals surface area contributed by atoms with E-state index in [1.54, 1.807) is 36.4 Å². The number of anilines is 1. The molecule has 0 saturated carbocycles. The molecule has 0 saturated heterocycles. The van der Waals surface area contributed by atoms with Gasteiger partial charge in [-0.1, -0.05) is 35.3 Å². The third-order valence-electron chi connectivity index (χ3n) is 3.92. The average Bonchev–Trinajstić information content (AvgIpc) is 2.84. The lowest BCUT2D eigenvalue weighted by Gasteiger charge is -2.18. The highest BCUT2D eigenvalue weighted by atomic mass is 35.5. The molecule has 2 aromatic rings. The molecule has 0 spiro atoms. The van der Waals surface area contributed by atoms with E-state index in [0.29, 0.717) is 22.1 Å². The molecule has 0 fully saturated rings. The van der Waals surface area contributed by atoms with Crippen LogP contribution in [0.4, 0.5) is 5.69 Å². The number of amides is 2. The maximum Gasteiger partial charge on any atom is 0.277 e. The van der Waals surface area contributed by atoms with Crippen LogP contribution in [0.2, 0.25) is 5.02 Å². The van der Waals surface area contributed by atoms with E-state index in [-0.39, 0.29) is 22.4 Å². The molecule has 1 aliphatic rings. The van der Waals surface area contributed by atoms with E-state index in [1.807, 2.05) is 13.8 Å². The van der Waals surface area contributed by atoms with Crippen molar-refractivity contribution in [1.82, 2.24) is 0 Å². The summed E-state index contributed by atoms with van der Waals surface area (Å²) in [5.41, 5.74) is 0.894. The van der Waals surface area contributed by atoms with Gasteiger partial charge >= 0.3 is 0 Å². The van der Waals surface area contributed by atoms with E-state index in [1.165, 1.54) is 13.2 Å². The van der Waals surface area contributed by atoms with Crippen molar-refractivity contribution in [3.05, 3.63) is 58.1 Å². The van der Waals surface area contributed by atoms with Gasteiger partial charge in [0.05, 0.1) is 24.5 Å². The number of nitrogens with zero attached hydrogens (tertiary/aromatic N) is 1. The number of methoxy groups -OCH3 is 1. The van der Waals surface area contributed by atoms with Crippen LogP contribution in [0.25, 0.3) is 5.57 Å². The molecule has 2 aromatic carbocycles. The number of carbonyl (C=O) groups excluding carboxylic acids is 2. The third-order valence-corrected chi connectivity index (χ3v) is 4.51. The maximum atomic E-state index is 13.0. The van der Waals surface area contributed by atoms with E-state index < -0.39 is 11.8 Å². The molecule has 140 valence electrons. The van der Waals surface area contributed by atoms with Crippen LogP contribution in [-0.4, -0.2) is 25.0 Å². The summed E-state index contributed by atoms with van der Waals surface area (Å²) >= 11 is 12.3. The van der Waals surface area contributed by atoms with E-state index in [4.69, 9.17) is 32.7 Å². The van der Waals surface area contributed by atoms with Crippen molar-refractivity contribution >= 4 is 46.3 Å². The molecular formula is C20H17Cl2NO4. The Hall–Kier alpha value is -2.50. The quantitative estimate of drug-likeness (QED) is 0.678. The largest absolute Gasteiger partial charge is 0.495 e. The summed E-state index contributed by atoms with van der Waals surface area (Å²) in [4.78, 5) is 26.7. The Morgan fingerprint density at radius 3 is 2.22 bits per heavy atom. The van der Waals surface area contributed by atoms with E-state index >= 15 is 0 Å². The summed E-state index contributed by atoms with van der Waals surface area (Å²) in [6.07, 6.45) is 0.0270. The summed E-state index contributed by atoms with van der Waals surface area (Å²) < 4.78 is 10.9. The molecule has 2 amide bonds. The van der Waals surface area contributed by atoms with Crippen LogP contribution in [0.5, 0.6) is 11.5 Å². The van der Waals surface area contributed by atoms with E-state index in [0.717, 1.165) is 4.90 Å². The molecule has 1 heterocycles. The number of rotatable bonds is 5. The van der Waals surface area contributed by atoms with Crippen molar-refractivity contribution in [3.63, 3.8) is 0 Å². The number of carbonyl (C=O) groups is 2. The molecule has 27 heavy (non-hydrogen) atoms. The zero-order chi connectivity index (χ0) is 19.7. The fourth-order valence-corrected chi connectivity index (χ4v) is 3.22. The second kappa shape index (κ2) is 7.62. The Kier molecular flexibility index (Phi) is 5.44. The summed E-state index contributed by atoms with van der Waals surface area (Å²) in [5.74, 6) is -0.161. The number of hydrogen-bond acceptors (Lipinski definition) is 4. The van der Waals surface area contributed by atoms with Crippen LogP contribution in [-0.2, 0) is 9.59 Å². The first-order valence-corrected chi connectivity index (χ1v) is 8.98. The van der Waals surface area contributed by atoms with Crippen molar-refractivity contribution in [3.8, 4) is 11.5 Å². The predicted molar refractivity (Wildman–Crippen MR) is 105 cm³/mol. The topological polar surface area (TPSA) is 55.8 Å². The second-order valence-corrected chi connectivity index (χ2v) is 6.96. The van der Waals surface area contributed by atoms with E-state index in [9.17, 15) is 9.59 Å². The minimum atomic E-state index is -0.625. The molecule has 0 N–H and O–H groups in total. The van der Waals surface area contributed by atoms with Crippen LogP contribution >= 0.6 is 23.2 Å². The van der Waals surface area contributed by atoms with Crippen LogP contribution in [0.3, 0.4) is 0 Å². The normalized spacial score (nSPS) is 14.4. The van der Waals surface area contributed by atoms with Gasteiger partial charge in [-0.3, -0.25) is 9.59 Å². The molecule has 5 nitrogen and oxygen atoms in total. The number of imide groups is 1. The minimum Gasteiger partial charge on any atom is -0.495 e. The fourth-order valence-electron chi connectivity index (χ4n) is 2.78. The van der Waals surface area contributed by atoms with Crippen LogP contribution in [0.1, 0.15) is 19.4 Å². The Morgan fingerprint density at radius 1 is 0.963 bits per heavy atom. The summed E-state index contributed by atoms with van der Waals surface area (Å²) in [5, 5.41) is 0.214. The first kappa shape index (κ1) is 19.3. The number of ether oxygens (including phenoxy) is 2. The lowest BCUT2D eigenvalue weighted by Crippen LogP contribution is -2.31. The molecule has 0 unspecified atom stereocenters. The fraction of sp³-hybridized carbons (Fsp3) is 0.200. The molecule has 0 aromatic heterocycles. The van der Waals surface area contributed by atoms with Gasteiger partial charge in [0, 0.05) is 5.02 Å². The third kappa shape index (κ3) is 3.66. The lowest BCUT2D eigenvalue weighted by molar-refractivity contribution is -0.119. The molecule has 1 aliphatic heterocycles. The molecular weight excluding hydrogens is 389 g/mol. The van der Waals surface area contributed by atoms with Gasteiger partial charge in [-0.05, 0) is 49.7 Å². The second-order valence-electron chi connectivity index (χ2n) is 6.14. The highest BCUT2D eigenvalue weighted by Gasteiger charge is 2.40. The smallest absolute Gasteiger partial charge is 0.277 e. The predicted octanol–water partition coefficient (Wildman–Crippen LogP) is 4.66. The lowest BCUT2D eigenvalue weighted by atomic mass is 10.1. The minimum absolute atomic E-state index is 0.0270. The average molecular weight is 406 g/mol. The Labute approximate surface area is 167 Å². The molecule has 7 heteroatoms. The van der Waals surface area contributed by atoms with Crippen LogP contribution < -0.4 is 14.4 Å². The molecule has 3 rings (SSSR count). The summed E-state index contributed by atoms with van der Waals surface area (Å²) in [7, 11) is 1.45. The van der Waals surface area contributed by atoms with Crippen LogP contribution in [0, 0.1) is 0 Å². The number of benzene rings is 2. The van der Waals surface area contributed by atoms with Gasteiger partial charge in [-0.25, -0.2) is 4.90 Å². The Bertz CT molecular complexity index is 935. The zero-order valence-electron chi connectivity index (χ0n) is 15.0. The van der Waals surface area contributed by atoms with Crippen molar-refractivity contribution in [2.75, 3.05) is 12.0 Å². The van der Waals surface area contributed by atoms with Crippen molar-refractivity contribution < 1.29 is 19.1 Å². The van der Waals surface area contributed by atoms with Gasteiger partial charge in [-0.2, -0.15) is 0 Å². The Balaban J connectivity index is 1.99. The number of halogens is 2. The standard InChI is InChI=1S/C20H17Cl2NO4/c1-11(2)27-14-7-4-12(5-8-14)17-18(22)20(25)23(19(17)24)15-10-13(21)6-9-16(15)26-3/h4-11H,1-3H3. The van der Waals surface area contributed by atoms with Gasteiger partial charge in [0.2, 0.25) is 0 Å². The first-order chi connectivity index (χ1) is 12.8. The highest BCUT2D eigenvalue weighted by molar-refractivity contribution is 6.60. The zero-order valence-corrected chi connectivity index (χ0v) is 16.5. The number of hydrogen-bond donors (Lipinski definition) is 0. The summed E-state index contributed by atoms with van der Waals surface area (Å²) in [6, 6.07) is 11.5. The van der Waals surface area contributed by atoms with Crippen molar-refractivity contribution in [2.45, 2.75) is 20.0 Å². The van der Waals surface area contributed by atoms with Crippen LogP contribution in [0.15, 0.2) is 47.5 Å². The first-order valence-electron chi connectivity index (χ1n) is 8.22. The molecule has 0 atom stereocenters. The van der Waals surface area contributed by atoms with Gasteiger partial charge in [-0.15, -0.1) is 0 Å².